The van der Waals surface area contributed by atoms with Crippen molar-refractivity contribution in [2.45, 2.75) is 19.6 Å². The monoisotopic (exact) mass is 405 g/mol. The lowest BCUT2D eigenvalue weighted by molar-refractivity contribution is -0.140. The highest BCUT2D eigenvalue weighted by Crippen LogP contribution is 2.35. The molecule has 0 atom stereocenters. The molecular weight excluding hydrogens is 387 g/mol. The van der Waals surface area contributed by atoms with Gasteiger partial charge in [0.25, 0.3) is 5.91 Å². The number of benzene rings is 1. The van der Waals surface area contributed by atoms with Gasteiger partial charge in [-0.25, -0.2) is 4.98 Å². The lowest BCUT2D eigenvalue weighted by atomic mass is 10.1. The summed E-state index contributed by atoms with van der Waals surface area (Å²) in [4.78, 5) is 21.5. The summed E-state index contributed by atoms with van der Waals surface area (Å²) in [5, 5.41) is 0.591. The van der Waals surface area contributed by atoms with Crippen LogP contribution in [0.25, 0.3) is 10.2 Å². The molecule has 1 aliphatic heterocycles. The Morgan fingerprint density at radius 3 is 2.64 bits per heavy atom. The number of hydrogen-bond donors (Lipinski definition) is 0. The first-order valence-electron chi connectivity index (χ1n) is 8.81. The van der Waals surface area contributed by atoms with Gasteiger partial charge in [0, 0.05) is 37.8 Å². The maximum Gasteiger partial charge on any atom is 0.433 e. The van der Waals surface area contributed by atoms with E-state index in [0.717, 1.165) is 28.7 Å². The molecule has 0 saturated heterocycles. The van der Waals surface area contributed by atoms with Crippen LogP contribution in [0.3, 0.4) is 0 Å². The summed E-state index contributed by atoms with van der Waals surface area (Å²) >= 11 is 1.03. The number of pyridine rings is 1. The van der Waals surface area contributed by atoms with Gasteiger partial charge < -0.3 is 9.80 Å². The first kappa shape index (κ1) is 18.7. The van der Waals surface area contributed by atoms with Crippen molar-refractivity contribution in [3.05, 3.63) is 58.1 Å². The average molecular weight is 405 g/mol. The second-order valence-corrected chi connectivity index (χ2v) is 7.88. The fourth-order valence-corrected chi connectivity index (χ4v) is 4.62. The molecule has 2 aromatic heterocycles. The van der Waals surface area contributed by atoms with Gasteiger partial charge in [0.05, 0.1) is 4.88 Å². The second kappa shape index (κ2) is 6.77. The van der Waals surface area contributed by atoms with Gasteiger partial charge in [-0.1, -0.05) is 18.2 Å². The number of amides is 1. The molecule has 0 bridgehead atoms. The Hall–Kier alpha value is -2.61. The lowest BCUT2D eigenvalue weighted by Gasteiger charge is -2.20. The number of alkyl halides is 3. The number of likely N-dealkylation sites (N-methyl/N-ethyl adjacent to an activating group) is 1. The summed E-state index contributed by atoms with van der Waals surface area (Å²) < 4.78 is 38.9. The molecule has 0 N–H and O–H groups in total. The highest BCUT2D eigenvalue weighted by molar-refractivity contribution is 7.20. The van der Waals surface area contributed by atoms with Gasteiger partial charge >= 0.3 is 6.18 Å². The Bertz CT molecular complexity index is 1060. The number of carbonyl (C=O) groups is 1. The van der Waals surface area contributed by atoms with E-state index in [1.54, 1.807) is 11.8 Å². The van der Waals surface area contributed by atoms with Crippen LogP contribution < -0.4 is 4.90 Å². The molecule has 0 unspecified atom stereocenters. The van der Waals surface area contributed by atoms with E-state index in [9.17, 15) is 18.0 Å². The van der Waals surface area contributed by atoms with Gasteiger partial charge in [-0.15, -0.1) is 11.3 Å². The summed E-state index contributed by atoms with van der Waals surface area (Å²) in [6.45, 7) is 3.45. The largest absolute Gasteiger partial charge is 0.433 e. The van der Waals surface area contributed by atoms with Crippen LogP contribution in [0.15, 0.2) is 36.4 Å². The van der Waals surface area contributed by atoms with Crippen LogP contribution in [0.2, 0.25) is 0 Å². The van der Waals surface area contributed by atoms with E-state index in [0.29, 0.717) is 35.5 Å². The molecule has 1 aliphatic rings. The van der Waals surface area contributed by atoms with Crippen molar-refractivity contribution < 1.29 is 18.0 Å². The summed E-state index contributed by atoms with van der Waals surface area (Å²) in [6, 6.07) is 10.3. The van der Waals surface area contributed by atoms with Crippen LogP contribution in [0.1, 0.15) is 26.5 Å². The third-order valence-electron chi connectivity index (χ3n) is 5.04. The predicted molar refractivity (Wildman–Crippen MR) is 104 cm³/mol. The number of para-hydroxylation sites is 1. The zero-order valence-corrected chi connectivity index (χ0v) is 16.2. The molecule has 0 spiro atoms. The highest BCUT2D eigenvalue weighted by atomic mass is 32.1. The fourth-order valence-electron chi connectivity index (χ4n) is 3.47. The van der Waals surface area contributed by atoms with Crippen molar-refractivity contribution in [1.82, 2.24) is 9.88 Å². The first-order chi connectivity index (χ1) is 13.3. The molecule has 0 saturated carbocycles. The first-order valence-corrected chi connectivity index (χ1v) is 9.63. The van der Waals surface area contributed by atoms with Crippen molar-refractivity contribution in [1.29, 1.82) is 0 Å². The van der Waals surface area contributed by atoms with E-state index in [4.69, 9.17) is 0 Å². The molecule has 1 aromatic carbocycles. The van der Waals surface area contributed by atoms with Crippen LogP contribution in [-0.2, 0) is 12.7 Å². The normalized spacial score (nSPS) is 14.9. The minimum atomic E-state index is -4.50. The zero-order chi connectivity index (χ0) is 20.1. The second-order valence-electron chi connectivity index (χ2n) is 6.88. The SMILES string of the molecule is Cc1c(C(=O)N2CCN(C)c3ccccc3C2)sc2nc(C(F)(F)F)ccc12. The zero-order valence-electron chi connectivity index (χ0n) is 15.4. The topological polar surface area (TPSA) is 36.4 Å². The number of aromatic nitrogens is 1. The Balaban J connectivity index is 1.70. The molecule has 4 nitrogen and oxygen atoms in total. The summed E-state index contributed by atoms with van der Waals surface area (Å²) in [5.74, 6) is -0.167. The molecule has 0 radical (unpaired) electrons. The van der Waals surface area contributed by atoms with Crippen LogP contribution >= 0.6 is 11.3 Å². The standard InChI is InChI=1S/C20H18F3N3OS/c1-12-14-7-8-16(20(21,22)23)24-18(14)28-17(12)19(27)26-10-9-25(2)15-6-4-3-5-13(15)11-26/h3-8H,9-11H2,1-2H3. The molecule has 146 valence electrons. The van der Waals surface area contributed by atoms with Gasteiger partial charge in [0.2, 0.25) is 0 Å². The molecule has 4 rings (SSSR count). The van der Waals surface area contributed by atoms with Gasteiger partial charge in [-0.2, -0.15) is 13.2 Å². The molecule has 3 heterocycles. The smallest absolute Gasteiger partial charge is 0.373 e. The number of hydrogen-bond acceptors (Lipinski definition) is 4. The number of carbonyl (C=O) groups excluding carboxylic acids is 1. The van der Waals surface area contributed by atoms with Crippen LogP contribution in [0.5, 0.6) is 0 Å². The van der Waals surface area contributed by atoms with Gasteiger partial charge in [-0.3, -0.25) is 4.79 Å². The van der Waals surface area contributed by atoms with Crippen molar-refractivity contribution in [2.24, 2.45) is 0 Å². The van der Waals surface area contributed by atoms with Crippen LogP contribution in [0.4, 0.5) is 18.9 Å². The van der Waals surface area contributed by atoms with Crippen molar-refractivity contribution in [2.75, 3.05) is 25.0 Å². The van der Waals surface area contributed by atoms with E-state index in [2.05, 4.69) is 9.88 Å². The highest BCUT2D eigenvalue weighted by Gasteiger charge is 2.33. The van der Waals surface area contributed by atoms with Gasteiger partial charge in [0.15, 0.2) is 0 Å². The predicted octanol–water partition coefficient (Wildman–Crippen LogP) is 4.72. The number of anilines is 1. The van der Waals surface area contributed by atoms with Gasteiger partial charge in [0.1, 0.15) is 10.5 Å². The number of rotatable bonds is 1. The van der Waals surface area contributed by atoms with E-state index < -0.39 is 11.9 Å². The Kier molecular flexibility index (Phi) is 4.53. The number of nitrogens with zero attached hydrogens (tertiary/aromatic N) is 3. The quantitative estimate of drug-likeness (QED) is 0.588. The molecule has 3 aromatic rings. The van der Waals surface area contributed by atoms with E-state index in [-0.39, 0.29) is 10.7 Å². The number of thiophene rings is 1. The van der Waals surface area contributed by atoms with Crippen molar-refractivity contribution >= 4 is 33.1 Å². The van der Waals surface area contributed by atoms with E-state index in [1.807, 2.05) is 31.3 Å². The van der Waals surface area contributed by atoms with Crippen LogP contribution in [0, 0.1) is 6.92 Å². The van der Waals surface area contributed by atoms with Crippen LogP contribution in [-0.4, -0.2) is 35.9 Å². The Morgan fingerprint density at radius 1 is 1.14 bits per heavy atom. The molecule has 8 heteroatoms. The summed E-state index contributed by atoms with van der Waals surface area (Å²) in [5.41, 5.74) is 1.87. The summed E-state index contributed by atoms with van der Waals surface area (Å²) in [6.07, 6.45) is -4.50. The minimum absolute atomic E-state index is 0.167. The summed E-state index contributed by atoms with van der Waals surface area (Å²) in [7, 11) is 1.99. The van der Waals surface area contributed by atoms with Crippen molar-refractivity contribution in [3.63, 3.8) is 0 Å². The third kappa shape index (κ3) is 3.22. The Labute approximate surface area is 164 Å². The maximum absolute atomic E-state index is 13.2. The molecule has 1 amide bonds. The third-order valence-corrected chi connectivity index (χ3v) is 6.23. The average Bonchev–Trinajstić information content (AvgIpc) is 2.89. The number of fused-ring (bicyclic) bond motifs is 2. The Morgan fingerprint density at radius 2 is 1.89 bits per heavy atom. The minimum Gasteiger partial charge on any atom is -0.373 e. The van der Waals surface area contributed by atoms with E-state index >= 15 is 0 Å². The number of aryl methyl sites for hydroxylation is 1. The van der Waals surface area contributed by atoms with Crippen molar-refractivity contribution in [3.8, 4) is 0 Å². The molecule has 0 fully saturated rings. The fraction of sp³-hybridized carbons (Fsp3) is 0.300. The lowest BCUT2D eigenvalue weighted by Crippen LogP contribution is -2.34. The molecular formula is C20H18F3N3OS. The molecule has 28 heavy (non-hydrogen) atoms. The van der Waals surface area contributed by atoms with Gasteiger partial charge in [-0.05, 0) is 36.2 Å². The molecule has 0 aliphatic carbocycles. The van der Waals surface area contributed by atoms with E-state index in [1.165, 1.54) is 6.07 Å². The number of halogens is 3. The maximum atomic E-state index is 13.2.